The van der Waals surface area contributed by atoms with Crippen molar-refractivity contribution in [3.05, 3.63) is 60.2 Å². The topological polar surface area (TPSA) is 77.6 Å². The van der Waals surface area contributed by atoms with E-state index in [0.717, 1.165) is 40.0 Å². The Bertz CT molecular complexity index is 1220. The minimum atomic E-state index is -0.135. The summed E-state index contributed by atoms with van der Waals surface area (Å²) in [6.45, 7) is 5.00. The van der Waals surface area contributed by atoms with Gasteiger partial charge in [0.05, 0.1) is 11.2 Å². The number of aryl methyl sites for hydroxylation is 1. The standard InChI is InChI=1S/C23H24N6O/c1-15-22(18-9-11-24-12-10-18)16(2)28(26-15)14-21(30)25-23-19-5-3-4-6-20(19)29(27-23)13-17-7-8-17/h3-6,9-12,17H,7-8,13-14H2,1-2H3,(H,25,27,30). The normalized spacial score (nSPS) is 13.7. The third-order valence-corrected chi connectivity index (χ3v) is 5.69. The predicted octanol–water partition coefficient (Wildman–Crippen LogP) is 3.96. The fourth-order valence-electron chi connectivity index (χ4n) is 4.00. The second-order valence-corrected chi connectivity index (χ2v) is 7.98. The number of nitrogens with one attached hydrogen (secondary N) is 1. The molecule has 4 aromatic rings. The van der Waals surface area contributed by atoms with E-state index in [4.69, 9.17) is 5.10 Å². The van der Waals surface area contributed by atoms with E-state index in [0.29, 0.717) is 11.7 Å². The lowest BCUT2D eigenvalue weighted by Crippen LogP contribution is -2.21. The maximum atomic E-state index is 12.8. The second kappa shape index (κ2) is 7.40. The molecule has 1 N–H and O–H groups in total. The Morgan fingerprint density at radius 1 is 1.07 bits per heavy atom. The summed E-state index contributed by atoms with van der Waals surface area (Å²) in [5.74, 6) is 1.19. The predicted molar refractivity (Wildman–Crippen MR) is 116 cm³/mol. The number of fused-ring (bicyclic) bond motifs is 1. The molecule has 7 heteroatoms. The van der Waals surface area contributed by atoms with Gasteiger partial charge in [0.25, 0.3) is 0 Å². The average Bonchev–Trinajstić information content (AvgIpc) is 3.44. The lowest BCUT2D eigenvalue weighted by Gasteiger charge is -2.06. The van der Waals surface area contributed by atoms with Crippen LogP contribution in [0, 0.1) is 19.8 Å². The van der Waals surface area contributed by atoms with Gasteiger partial charge >= 0.3 is 0 Å². The van der Waals surface area contributed by atoms with Gasteiger partial charge in [-0.3, -0.25) is 19.1 Å². The molecule has 0 bridgehead atoms. The molecule has 1 saturated carbocycles. The van der Waals surface area contributed by atoms with E-state index in [2.05, 4.69) is 21.5 Å². The van der Waals surface area contributed by atoms with Gasteiger partial charge in [-0.15, -0.1) is 0 Å². The number of hydrogen-bond donors (Lipinski definition) is 1. The maximum Gasteiger partial charge on any atom is 0.247 e. The smallest absolute Gasteiger partial charge is 0.247 e. The van der Waals surface area contributed by atoms with Crippen molar-refractivity contribution in [1.29, 1.82) is 0 Å². The zero-order chi connectivity index (χ0) is 20.7. The lowest BCUT2D eigenvalue weighted by molar-refractivity contribution is -0.117. The summed E-state index contributed by atoms with van der Waals surface area (Å²) < 4.78 is 3.78. The van der Waals surface area contributed by atoms with E-state index in [9.17, 15) is 4.79 Å². The number of carbonyl (C=O) groups is 1. The number of para-hydroxylation sites is 1. The fraction of sp³-hybridized carbons (Fsp3) is 0.304. The van der Waals surface area contributed by atoms with Crippen LogP contribution in [0.15, 0.2) is 48.8 Å². The van der Waals surface area contributed by atoms with E-state index >= 15 is 0 Å². The van der Waals surface area contributed by atoms with Crippen molar-refractivity contribution >= 4 is 22.6 Å². The highest BCUT2D eigenvalue weighted by Gasteiger charge is 2.24. The minimum absolute atomic E-state index is 0.135. The molecule has 1 aliphatic carbocycles. The molecule has 0 radical (unpaired) electrons. The summed E-state index contributed by atoms with van der Waals surface area (Å²) in [6.07, 6.45) is 6.05. The van der Waals surface area contributed by atoms with Crippen molar-refractivity contribution in [3.63, 3.8) is 0 Å². The van der Waals surface area contributed by atoms with Crippen molar-refractivity contribution in [2.75, 3.05) is 5.32 Å². The van der Waals surface area contributed by atoms with Crippen molar-refractivity contribution in [3.8, 4) is 11.1 Å². The van der Waals surface area contributed by atoms with Crippen LogP contribution in [-0.4, -0.2) is 30.5 Å². The Morgan fingerprint density at radius 2 is 1.83 bits per heavy atom. The summed E-state index contributed by atoms with van der Waals surface area (Å²) in [4.78, 5) is 16.9. The van der Waals surface area contributed by atoms with Crippen molar-refractivity contribution < 1.29 is 4.79 Å². The van der Waals surface area contributed by atoms with Gasteiger partial charge in [-0.2, -0.15) is 10.2 Å². The van der Waals surface area contributed by atoms with Crippen molar-refractivity contribution in [2.45, 2.75) is 39.8 Å². The molecule has 1 aromatic carbocycles. The van der Waals surface area contributed by atoms with E-state index in [1.807, 2.05) is 48.9 Å². The highest BCUT2D eigenvalue weighted by atomic mass is 16.2. The number of anilines is 1. The van der Waals surface area contributed by atoms with Gasteiger partial charge in [0, 0.05) is 35.6 Å². The van der Waals surface area contributed by atoms with Gasteiger partial charge in [-0.05, 0) is 62.4 Å². The van der Waals surface area contributed by atoms with E-state index in [1.165, 1.54) is 12.8 Å². The molecule has 30 heavy (non-hydrogen) atoms. The van der Waals surface area contributed by atoms with Gasteiger partial charge in [0.1, 0.15) is 6.54 Å². The Balaban J connectivity index is 1.38. The van der Waals surface area contributed by atoms with Crippen LogP contribution in [0.4, 0.5) is 5.82 Å². The van der Waals surface area contributed by atoms with Crippen molar-refractivity contribution in [1.82, 2.24) is 24.5 Å². The molecule has 1 amide bonds. The quantitative estimate of drug-likeness (QED) is 0.531. The zero-order valence-electron chi connectivity index (χ0n) is 17.2. The van der Waals surface area contributed by atoms with Crippen LogP contribution in [0.1, 0.15) is 24.2 Å². The number of pyridine rings is 1. The van der Waals surface area contributed by atoms with Crippen LogP contribution >= 0.6 is 0 Å². The SMILES string of the molecule is Cc1nn(CC(=O)Nc2nn(CC3CC3)c3ccccc23)c(C)c1-c1ccncc1. The Labute approximate surface area is 174 Å². The first-order valence-corrected chi connectivity index (χ1v) is 10.3. The Kier molecular flexibility index (Phi) is 4.58. The van der Waals surface area contributed by atoms with Crippen LogP contribution in [-0.2, 0) is 17.9 Å². The third-order valence-electron chi connectivity index (χ3n) is 5.69. The first kappa shape index (κ1) is 18.5. The number of rotatable bonds is 6. The number of benzene rings is 1. The molecule has 0 aliphatic heterocycles. The molecule has 1 aliphatic rings. The molecule has 3 aromatic heterocycles. The largest absolute Gasteiger partial charge is 0.307 e. The van der Waals surface area contributed by atoms with E-state index in [-0.39, 0.29) is 12.5 Å². The monoisotopic (exact) mass is 400 g/mol. The number of amides is 1. The van der Waals surface area contributed by atoms with Crippen LogP contribution in [0.5, 0.6) is 0 Å². The number of nitrogens with zero attached hydrogens (tertiary/aromatic N) is 5. The molecule has 0 unspecified atom stereocenters. The summed E-state index contributed by atoms with van der Waals surface area (Å²) >= 11 is 0. The Morgan fingerprint density at radius 3 is 2.60 bits per heavy atom. The number of carbonyl (C=O) groups excluding carboxylic acids is 1. The summed E-state index contributed by atoms with van der Waals surface area (Å²) in [5.41, 5.74) is 5.01. The summed E-state index contributed by atoms with van der Waals surface area (Å²) in [6, 6.07) is 12.0. The lowest BCUT2D eigenvalue weighted by atomic mass is 10.1. The molecular formula is C23H24N6O. The first-order chi connectivity index (χ1) is 14.6. The van der Waals surface area contributed by atoms with Crippen molar-refractivity contribution in [2.24, 2.45) is 5.92 Å². The molecule has 0 atom stereocenters. The summed E-state index contributed by atoms with van der Waals surface area (Å²) in [5, 5.41) is 13.3. The van der Waals surface area contributed by atoms with Crippen LogP contribution in [0.25, 0.3) is 22.0 Å². The van der Waals surface area contributed by atoms with Gasteiger partial charge < -0.3 is 5.32 Å². The number of hydrogen-bond acceptors (Lipinski definition) is 4. The minimum Gasteiger partial charge on any atom is -0.307 e. The maximum absolute atomic E-state index is 12.8. The molecule has 0 saturated heterocycles. The van der Waals surface area contributed by atoms with Gasteiger partial charge in [-0.1, -0.05) is 12.1 Å². The van der Waals surface area contributed by atoms with Gasteiger partial charge in [-0.25, -0.2) is 0 Å². The van der Waals surface area contributed by atoms with Crippen LogP contribution in [0.2, 0.25) is 0 Å². The van der Waals surface area contributed by atoms with E-state index < -0.39 is 0 Å². The number of aromatic nitrogens is 5. The fourth-order valence-corrected chi connectivity index (χ4v) is 4.00. The van der Waals surface area contributed by atoms with Crippen LogP contribution in [0.3, 0.4) is 0 Å². The third kappa shape index (κ3) is 3.47. The molecule has 0 spiro atoms. The van der Waals surface area contributed by atoms with Gasteiger partial charge in [0.15, 0.2) is 5.82 Å². The molecule has 5 rings (SSSR count). The van der Waals surface area contributed by atoms with E-state index in [1.54, 1.807) is 17.1 Å². The zero-order valence-corrected chi connectivity index (χ0v) is 17.2. The highest BCUT2D eigenvalue weighted by molar-refractivity contribution is 5.99. The molecule has 1 fully saturated rings. The molecule has 152 valence electrons. The van der Waals surface area contributed by atoms with Gasteiger partial charge in [0.2, 0.25) is 5.91 Å². The second-order valence-electron chi connectivity index (χ2n) is 7.98. The first-order valence-electron chi connectivity index (χ1n) is 10.3. The molecular weight excluding hydrogens is 376 g/mol. The molecule has 7 nitrogen and oxygen atoms in total. The summed E-state index contributed by atoms with van der Waals surface area (Å²) in [7, 11) is 0. The Hall–Kier alpha value is -3.48. The highest BCUT2D eigenvalue weighted by Crippen LogP contribution is 2.33. The average molecular weight is 400 g/mol. The molecule has 3 heterocycles. The van der Waals surface area contributed by atoms with Crippen LogP contribution < -0.4 is 5.32 Å².